The van der Waals surface area contributed by atoms with Gasteiger partial charge in [0.1, 0.15) is 11.6 Å². The molecule has 3 rings (SSSR count). The van der Waals surface area contributed by atoms with Crippen LogP contribution < -0.4 is 5.43 Å². The van der Waals surface area contributed by atoms with Crippen LogP contribution >= 0.6 is 11.3 Å². The molecule has 6 heteroatoms. The number of hydrazone groups is 1. The van der Waals surface area contributed by atoms with E-state index in [-0.39, 0.29) is 11.6 Å². The van der Waals surface area contributed by atoms with Crippen molar-refractivity contribution in [2.45, 2.75) is 0 Å². The number of anilines is 1. The third-order valence-corrected chi connectivity index (χ3v) is 3.69. The molecule has 0 atom stereocenters. The van der Waals surface area contributed by atoms with Crippen molar-refractivity contribution >= 4 is 22.7 Å². The highest BCUT2D eigenvalue weighted by Crippen LogP contribution is 2.25. The van der Waals surface area contributed by atoms with Gasteiger partial charge in [0.2, 0.25) is 5.13 Å². The van der Waals surface area contributed by atoms with Gasteiger partial charge in [-0.15, -0.1) is 11.3 Å². The topological polar surface area (TPSA) is 57.5 Å². The molecule has 2 N–H and O–H groups in total. The van der Waals surface area contributed by atoms with Gasteiger partial charge in [0, 0.05) is 16.5 Å². The summed E-state index contributed by atoms with van der Waals surface area (Å²) in [5, 5.41) is 16.1. The van der Waals surface area contributed by atoms with E-state index in [0.29, 0.717) is 10.7 Å². The highest BCUT2D eigenvalue weighted by molar-refractivity contribution is 7.14. The third-order valence-electron chi connectivity index (χ3n) is 2.94. The highest BCUT2D eigenvalue weighted by atomic mass is 32.1. The lowest BCUT2D eigenvalue weighted by Gasteiger charge is -1.97. The molecule has 0 unspecified atom stereocenters. The first-order chi connectivity index (χ1) is 10.7. The maximum Gasteiger partial charge on any atom is 0.203 e. The zero-order valence-corrected chi connectivity index (χ0v) is 12.2. The van der Waals surface area contributed by atoms with Gasteiger partial charge in [-0.05, 0) is 36.4 Å². The number of benzene rings is 2. The van der Waals surface area contributed by atoms with Crippen molar-refractivity contribution in [3.63, 3.8) is 0 Å². The molecule has 0 aliphatic heterocycles. The zero-order valence-electron chi connectivity index (χ0n) is 11.4. The lowest BCUT2D eigenvalue weighted by Crippen LogP contribution is -1.90. The molecule has 4 nitrogen and oxygen atoms in total. The largest absolute Gasteiger partial charge is 0.507 e. The number of nitrogens with one attached hydrogen (secondary N) is 1. The third kappa shape index (κ3) is 3.29. The lowest BCUT2D eigenvalue weighted by atomic mass is 10.2. The van der Waals surface area contributed by atoms with Gasteiger partial charge in [-0.1, -0.05) is 12.1 Å². The first-order valence-electron chi connectivity index (χ1n) is 6.51. The Labute approximate surface area is 130 Å². The number of rotatable bonds is 4. The molecule has 0 bridgehead atoms. The number of thiazole rings is 1. The van der Waals surface area contributed by atoms with E-state index in [1.54, 1.807) is 30.3 Å². The van der Waals surface area contributed by atoms with Crippen LogP contribution in [0.5, 0.6) is 5.75 Å². The molecule has 1 heterocycles. The van der Waals surface area contributed by atoms with E-state index < -0.39 is 0 Å². The Hall–Kier alpha value is -2.73. The summed E-state index contributed by atoms with van der Waals surface area (Å²) in [4.78, 5) is 4.37. The van der Waals surface area contributed by atoms with Gasteiger partial charge in [-0.2, -0.15) is 5.10 Å². The van der Waals surface area contributed by atoms with Crippen LogP contribution in [0.2, 0.25) is 0 Å². The van der Waals surface area contributed by atoms with E-state index >= 15 is 0 Å². The van der Waals surface area contributed by atoms with Gasteiger partial charge < -0.3 is 5.11 Å². The van der Waals surface area contributed by atoms with E-state index in [2.05, 4.69) is 15.5 Å². The summed E-state index contributed by atoms with van der Waals surface area (Å²) < 4.78 is 12.9. The molecule has 1 aromatic heterocycles. The van der Waals surface area contributed by atoms with Gasteiger partial charge in [-0.3, -0.25) is 5.43 Å². The Morgan fingerprint density at radius 1 is 1.14 bits per heavy atom. The van der Waals surface area contributed by atoms with Crippen molar-refractivity contribution < 1.29 is 9.50 Å². The molecular formula is C16H12FN3OS. The average molecular weight is 313 g/mol. The van der Waals surface area contributed by atoms with Gasteiger partial charge in [0.05, 0.1) is 11.9 Å². The number of aromatic nitrogens is 1. The Morgan fingerprint density at radius 3 is 2.68 bits per heavy atom. The highest BCUT2D eigenvalue weighted by Gasteiger charge is 2.04. The predicted octanol–water partition coefficient (Wildman–Crippen LogP) is 4.10. The maximum atomic E-state index is 12.9. The summed E-state index contributed by atoms with van der Waals surface area (Å²) in [5.74, 6) is -0.108. The fraction of sp³-hybridized carbons (Fsp3) is 0. The molecule has 110 valence electrons. The second-order valence-electron chi connectivity index (χ2n) is 4.47. The van der Waals surface area contributed by atoms with Crippen molar-refractivity contribution in [3.05, 3.63) is 65.3 Å². The SMILES string of the molecule is Oc1ccccc1/C=N/Nc1nc(-c2ccc(F)cc2)cs1. The van der Waals surface area contributed by atoms with Crippen LogP contribution in [-0.4, -0.2) is 16.3 Å². The minimum atomic E-state index is -0.274. The zero-order chi connectivity index (χ0) is 15.4. The van der Waals surface area contributed by atoms with E-state index in [1.807, 2.05) is 11.4 Å². The average Bonchev–Trinajstić information content (AvgIpc) is 2.99. The van der Waals surface area contributed by atoms with E-state index in [9.17, 15) is 9.50 Å². The molecule has 0 saturated heterocycles. The Kier molecular flexibility index (Phi) is 4.11. The molecule has 2 aromatic carbocycles. The molecule has 0 spiro atoms. The summed E-state index contributed by atoms with van der Waals surface area (Å²) in [5.41, 5.74) is 5.03. The number of aromatic hydroxyl groups is 1. The van der Waals surface area contributed by atoms with Crippen molar-refractivity contribution in [2.24, 2.45) is 5.10 Å². The smallest absolute Gasteiger partial charge is 0.203 e. The summed E-state index contributed by atoms with van der Waals surface area (Å²) in [6.45, 7) is 0. The van der Waals surface area contributed by atoms with Crippen LogP contribution in [0, 0.1) is 5.82 Å². The van der Waals surface area contributed by atoms with E-state index in [4.69, 9.17) is 0 Å². The second-order valence-corrected chi connectivity index (χ2v) is 5.33. The minimum absolute atomic E-state index is 0.166. The standard InChI is InChI=1S/C16H12FN3OS/c17-13-7-5-11(6-8-13)14-10-22-16(19-14)20-18-9-12-3-1-2-4-15(12)21/h1-10,21H,(H,19,20)/b18-9+. The van der Waals surface area contributed by atoms with Crippen LogP contribution in [0.25, 0.3) is 11.3 Å². The van der Waals surface area contributed by atoms with Crippen LogP contribution in [-0.2, 0) is 0 Å². The van der Waals surface area contributed by atoms with E-state index in [1.165, 1.54) is 29.7 Å². The number of nitrogens with zero attached hydrogens (tertiary/aromatic N) is 2. The Morgan fingerprint density at radius 2 is 1.91 bits per heavy atom. The number of hydrogen-bond donors (Lipinski definition) is 2. The number of halogens is 1. The van der Waals surface area contributed by atoms with Crippen molar-refractivity contribution in [1.82, 2.24) is 4.98 Å². The van der Waals surface area contributed by atoms with E-state index in [0.717, 1.165) is 11.3 Å². The predicted molar refractivity (Wildman–Crippen MR) is 86.8 cm³/mol. The molecule has 22 heavy (non-hydrogen) atoms. The van der Waals surface area contributed by atoms with Crippen LogP contribution in [0.4, 0.5) is 9.52 Å². The normalized spacial score (nSPS) is 11.0. The molecule has 0 amide bonds. The van der Waals surface area contributed by atoms with Gasteiger partial charge in [0.15, 0.2) is 0 Å². The molecule has 0 aliphatic carbocycles. The Balaban J connectivity index is 1.70. The van der Waals surface area contributed by atoms with Crippen molar-refractivity contribution in [1.29, 1.82) is 0 Å². The maximum absolute atomic E-state index is 12.9. The van der Waals surface area contributed by atoms with Gasteiger partial charge in [-0.25, -0.2) is 9.37 Å². The number of hydrogen-bond acceptors (Lipinski definition) is 5. The minimum Gasteiger partial charge on any atom is -0.507 e. The summed E-state index contributed by atoms with van der Waals surface area (Å²) in [6, 6.07) is 13.1. The Bertz CT molecular complexity index is 799. The van der Waals surface area contributed by atoms with Crippen molar-refractivity contribution in [2.75, 3.05) is 5.43 Å². The summed E-state index contributed by atoms with van der Waals surface area (Å²) >= 11 is 1.40. The lowest BCUT2D eigenvalue weighted by molar-refractivity contribution is 0.474. The molecule has 0 fully saturated rings. The summed E-state index contributed by atoms with van der Waals surface area (Å²) in [7, 11) is 0. The van der Waals surface area contributed by atoms with Crippen molar-refractivity contribution in [3.8, 4) is 17.0 Å². The fourth-order valence-corrected chi connectivity index (χ4v) is 2.50. The fourth-order valence-electron chi connectivity index (χ4n) is 1.83. The van der Waals surface area contributed by atoms with Gasteiger partial charge >= 0.3 is 0 Å². The van der Waals surface area contributed by atoms with Crippen LogP contribution in [0.1, 0.15) is 5.56 Å². The molecule has 3 aromatic rings. The first kappa shape index (κ1) is 14.2. The second kappa shape index (κ2) is 6.36. The molecule has 0 radical (unpaired) electrons. The summed E-state index contributed by atoms with van der Waals surface area (Å²) in [6.07, 6.45) is 1.52. The monoisotopic (exact) mass is 313 g/mol. The number of phenols is 1. The number of para-hydroxylation sites is 1. The quantitative estimate of drug-likeness (QED) is 0.563. The van der Waals surface area contributed by atoms with Crippen LogP contribution in [0.15, 0.2) is 59.0 Å². The first-order valence-corrected chi connectivity index (χ1v) is 7.39. The van der Waals surface area contributed by atoms with Gasteiger partial charge in [0.25, 0.3) is 0 Å². The molecular weight excluding hydrogens is 301 g/mol. The molecule has 0 saturated carbocycles. The number of phenolic OH excluding ortho intramolecular Hbond substituents is 1. The molecule has 0 aliphatic rings. The van der Waals surface area contributed by atoms with Crippen LogP contribution in [0.3, 0.4) is 0 Å².